The van der Waals surface area contributed by atoms with Crippen LogP contribution in [0.15, 0.2) is 54.7 Å². The summed E-state index contributed by atoms with van der Waals surface area (Å²) in [5.74, 6) is 1.64. The largest absolute Gasteiger partial charge is 0.491 e. The maximum atomic E-state index is 13.4. The Morgan fingerprint density at radius 2 is 1.93 bits per heavy atom. The van der Waals surface area contributed by atoms with Gasteiger partial charge in [0.25, 0.3) is 5.91 Å². The Balaban J connectivity index is 1.41. The van der Waals surface area contributed by atoms with E-state index in [0.717, 1.165) is 67.3 Å². The molecule has 246 valence electrons. The number of hydrogen-bond acceptors (Lipinski definition) is 5. The van der Waals surface area contributed by atoms with Gasteiger partial charge in [0.2, 0.25) is 5.28 Å². The zero-order chi connectivity index (χ0) is 32.5. The Labute approximate surface area is 285 Å². The predicted octanol–water partition coefficient (Wildman–Crippen LogP) is 7.85. The number of allylic oxidation sites excluding steroid dienone is 2. The van der Waals surface area contributed by atoms with Crippen LogP contribution in [0.5, 0.6) is 5.75 Å². The average molecular weight is 684 g/mol. The lowest BCUT2D eigenvalue weighted by Crippen LogP contribution is -2.42. The topological polar surface area (TPSA) is 76.5 Å². The maximum absolute atomic E-state index is 13.4. The van der Waals surface area contributed by atoms with E-state index in [1.807, 2.05) is 42.9 Å². The van der Waals surface area contributed by atoms with E-state index in [4.69, 9.17) is 27.9 Å². The number of hydrogen-bond donors (Lipinski definition) is 1. The zero-order valence-corrected chi connectivity index (χ0v) is 29.4. The van der Waals surface area contributed by atoms with Crippen LogP contribution in [0.25, 0.3) is 0 Å². The number of benzene rings is 2. The first-order valence-electron chi connectivity index (χ1n) is 16.5. The SMILES string of the molecule is CCCc1cc(Cl)ccc1C1COc2ccc3cc2N(C1)CC1CCC1C(c1cnc(Cl)n1C)/C=C/CC(C)C(C)S(=O)NC3=O. The molecule has 1 saturated carbocycles. The van der Waals surface area contributed by atoms with Crippen molar-refractivity contribution in [3.05, 3.63) is 87.4 Å². The fourth-order valence-electron chi connectivity index (χ4n) is 7.29. The minimum absolute atomic E-state index is 0.108. The number of carbonyl (C=O) groups is 1. The molecule has 3 heterocycles. The Morgan fingerprint density at radius 1 is 1.11 bits per heavy atom. The molecule has 1 aromatic heterocycles. The van der Waals surface area contributed by atoms with Gasteiger partial charge in [-0.25, -0.2) is 9.19 Å². The van der Waals surface area contributed by atoms with Gasteiger partial charge in [0.1, 0.15) is 16.7 Å². The van der Waals surface area contributed by atoms with Crippen LogP contribution in [0.1, 0.15) is 85.5 Å². The van der Waals surface area contributed by atoms with E-state index in [-0.39, 0.29) is 28.9 Å². The van der Waals surface area contributed by atoms with Crippen LogP contribution in [-0.2, 0) is 24.5 Å². The summed E-state index contributed by atoms with van der Waals surface area (Å²) in [4.78, 5) is 20.3. The number of nitrogens with one attached hydrogen (secondary N) is 1. The summed E-state index contributed by atoms with van der Waals surface area (Å²) in [6.07, 6.45) is 11.4. The van der Waals surface area contributed by atoms with Crippen LogP contribution in [0.3, 0.4) is 0 Å². The van der Waals surface area contributed by atoms with E-state index >= 15 is 0 Å². The number of rotatable bonds is 4. The Kier molecular flexibility index (Phi) is 10.2. The van der Waals surface area contributed by atoms with Crippen molar-refractivity contribution in [3.63, 3.8) is 0 Å². The van der Waals surface area contributed by atoms with Crippen molar-refractivity contribution in [2.45, 2.75) is 70.0 Å². The van der Waals surface area contributed by atoms with Gasteiger partial charge in [0.15, 0.2) is 0 Å². The number of aryl methyl sites for hydroxylation is 1. The number of imidazole rings is 1. The van der Waals surface area contributed by atoms with Crippen LogP contribution >= 0.6 is 23.2 Å². The molecule has 1 fully saturated rings. The van der Waals surface area contributed by atoms with Gasteiger partial charge in [-0.05, 0) is 103 Å². The summed E-state index contributed by atoms with van der Waals surface area (Å²) in [7, 11) is 0.445. The highest BCUT2D eigenvalue weighted by atomic mass is 35.5. The molecule has 7 nitrogen and oxygen atoms in total. The molecular formula is C36H44Cl2N4O3S. The Bertz CT molecular complexity index is 1640. The van der Waals surface area contributed by atoms with Crippen LogP contribution < -0.4 is 14.4 Å². The number of amides is 1. The molecule has 7 unspecified atom stereocenters. The van der Waals surface area contributed by atoms with E-state index in [1.165, 1.54) is 11.1 Å². The van der Waals surface area contributed by atoms with E-state index in [0.29, 0.717) is 29.3 Å². The van der Waals surface area contributed by atoms with Crippen LogP contribution in [-0.4, -0.2) is 44.6 Å². The summed E-state index contributed by atoms with van der Waals surface area (Å²) in [5, 5.41) is 1.01. The molecule has 2 bridgehead atoms. The highest BCUT2D eigenvalue weighted by molar-refractivity contribution is 7.84. The molecule has 1 amide bonds. The van der Waals surface area contributed by atoms with Crippen molar-refractivity contribution in [2.24, 2.45) is 24.8 Å². The van der Waals surface area contributed by atoms with Crippen LogP contribution in [0, 0.1) is 17.8 Å². The Hall–Kier alpha value is -2.81. The number of nitrogens with zero attached hydrogens (tertiary/aromatic N) is 3. The molecule has 2 aliphatic heterocycles. The maximum Gasteiger partial charge on any atom is 0.263 e. The van der Waals surface area contributed by atoms with Crippen molar-refractivity contribution in [3.8, 4) is 5.75 Å². The lowest BCUT2D eigenvalue weighted by molar-refractivity contribution is 0.0982. The normalized spacial score (nSPS) is 29.1. The van der Waals surface area contributed by atoms with Gasteiger partial charge in [-0.1, -0.05) is 50.1 Å². The van der Waals surface area contributed by atoms with E-state index < -0.39 is 11.0 Å². The summed E-state index contributed by atoms with van der Waals surface area (Å²) in [6.45, 7) is 8.32. The quantitative estimate of drug-likeness (QED) is 0.284. The summed E-state index contributed by atoms with van der Waals surface area (Å²) >= 11 is 12.9. The second-order valence-corrected chi connectivity index (χ2v) is 15.6. The fourth-order valence-corrected chi connectivity index (χ4v) is 8.65. The highest BCUT2D eigenvalue weighted by Crippen LogP contribution is 2.47. The predicted molar refractivity (Wildman–Crippen MR) is 188 cm³/mol. The van der Waals surface area contributed by atoms with E-state index in [9.17, 15) is 9.00 Å². The molecule has 6 rings (SSSR count). The lowest BCUT2D eigenvalue weighted by Gasteiger charge is -2.44. The minimum atomic E-state index is -1.54. The summed E-state index contributed by atoms with van der Waals surface area (Å²) < 4.78 is 24.6. The lowest BCUT2D eigenvalue weighted by atomic mass is 9.65. The number of carbonyl (C=O) groups excluding carboxylic acids is 1. The molecule has 0 spiro atoms. The first kappa shape index (κ1) is 33.1. The first-order valence-corrected chi connectivity index (χ1v) is 18.5. The van der Waals surface area contributed by atoms with Gasteiger partial charge in [-0.15, -0.1) is 0 Å². The zero-order valence-electron chi connectivity index (χ0n) is 27.0. The standard InChI is InChI=1S/C36H44Cl2N4O3S/c1-5-7-24-16-28(37)12-14-29(24)27-20-42-19-26-10-13-30(26)31(33-18-39-36(38)41(33)4)9-6-8-22(2)23(3)46(44)40-35(43)25-11-15-34(45-21-27)32(42)17-25/h6,9,11-12,14-18,22-23,26-27,30-31H,5,7-8,10,13,19-21H2,1-4H3,(H,40,43)/b9-6+. The Morgan fingerprint density at radius 3 is 2.65 bits per heavy atom. The number of aromatic nitrogens is 2. The molecule has 10 heteroatoms. The minimum Gasteiger partial charge on any atom is -0.491 e. The first-order chi connectivity index (χ1) is 22.1. The van der Waals surface area contributed by atoms with Gasteiger partial charge < -0.3 is 14.2 Å². The fraction of sp³-hybridized carbons (Fsp3) is 0.500. The summed E-state index contributed by atoms with van der Waals surface area (Å²) in [5.41, 5.74) is 5.02. The van der Waals surface area contributed by atoms with E-state index in [2.05, 4.69) is 52.7 Å². The highest BCUT2D eigenvalue weighted by Gasteiger charge is 2.40. The third-order valence-electron chi connectivity index (χ3n) is 10.4. The van der Waals surface area contributed by atoms with E-state index in [1.54, 1.807) is 6.07 Å². The van der Waals surface area contributed by atoms with Gasteiger partial charge in [-0.2, -0.15) is 0 Å². The molecule has 0 saturated heterocycles. The molecular weight excluding hydrogens is 639 g/mol. The van der Waals surface area contributed by atoms with Gasteiger partial charge in [-0.3, -0.25) is 9.52 Å². The van der Waals surface area contributed by atoms with Crippen LogP contribution in [0.2, 0.25) is 10.3 Å². The van der Waals surface area contributed by atoms with Crippen molar-refractivity contribution >= 4 is 45.8 Å². The molecule has 3 aliphatic rings. The van der Waals surface area contributed by atoms with Crippen LogP contribution in [0.4, 0.5) is 5.69 Å². The van der Waals surface area contributed by atoms with Gasteiger partial charge in [0.05, 0.1) is 23.7 Å². The monoisotopic (exact) mass is 682 g/mol. The molecule has 7 atom stereocenters. The molecule has 46 heavy (non-hydrogen) atoms. The van der Waals surface area contributed by atoms with Gasteiger partial charge in [0, 0.05) is 48.3 Å². The van der Waals surface area contributed by atoms with Crippen molar-refractivity contribution < 1.29 is 13.7 Å². The van der Waals surface area contributed by atoms with Crippen molar-refractivity contribution in [1.29, 1.82) is 0 Å². The number of fused-ring (bicyclic) bond motifs is 2. The molecule has 3 aromatic rings. The average Bonchev–Trinajstić information content (AvgIpc) is 3.24. The van der Waals surface area contributed by atoms with Crippen molar-refractivity contribution in [1.82, 2.24) is 14.3 Å². The molecule has 1 aliphatic carbocycles. The number of halogens is 2. The molecule has 0 radical (unpaired) electrons. The number of anilines is 1. The third kappa shape index (κ3) is 6.76. The van der Waals surface area contributed by atoms with Crippen molar-refractivity contribution in [2.75, 3.05) is 24.6 Å². The summed E-state index contributed by atoms with van der Waals surface area (Å²) in [6, 6.07) is 11.8. The number of ether oxygens (including phenoxy) is 1. The third-order valence-corrected chi connectivity index (χ3v) is 12.5. The molecule has 2 aromatic carbocycles. The molecule has 1 N–H and O–H groups in total. The second-order valence-electron chi connectivity index (χ2n) is 13.3. The van der Waals surface area contributed by atoms with Gasteiger partial charge >= 0.3 is 0 Å². The smallest absolute Gasteiger partial charge is 0.263 e. The second kappa shape index (κ2) is 14.1.